The molecule has 1 aromatic rings. The molecular formula is C14H14Cl2. The van der Waals surface area contributed by atoms with E-state index < -0.39 is 0 Å². The first-order valence-corrected chi connectivity index (χ1v) is 6.43. The summed E-state index contributed by atoms with van der Waals surface area (Å²) in [4.78, 5) is 0. The molecule has 0 radical (unpaired) electrons. The monoisotopic (exact) mass is 252 g/mol. The second-order valence-corrected chi connectivity index (χ2v) is 4.64. The summed E-state index contributed by atoms with van der Waals surface area (Å²) < 4.78 is 0. The molecule has 1 aliphatic carbocycles. The SMILES string of the molecule is ClCC1=CCC(CCl)(c2ccccc2)C=C1. The fourth-order valence-corrected chi connectivity index (χ4v) is 2.53. The molecule has 0 amide bonds. The van der Waals surface area contributed by atoms with Gasteiger partial charge in [0.25, 0.3) is 0 Å². The molecule has 84 valence electrons. The Labute approximate surface area is 107 Å². The minimum Gasteiger partial charge on any atom is -0.125 e. The van der Waals surface area contributed by atoms with Crippen LogP contribution in [0, 0.1) is 0 Å². The molecule has 2 heteroatoms. The number of rotatable bonds is 3. The summed E-state index contributed by atoms with van der Waals surface area (Å²) in [5.74, 6) is 1.17. The van der Waals surface area contributed by atoms with Gasteiger partial charge in [0, 0.05) is 17.2 Å². The summed E-state index contributed by atoms with van der Waals surface area (Å²) in [6, 6.07) is 10.4. The Bertz CT molecular complexity index is 406. The van der Waals surface area contributed by atoms with E-state index in [-0.39, 0.29) is 5.41 Å². The third-order valence-corrected chi connectivity index (χ3v) is 3.87. The molecule has 0 saturated heterocycles. The predicted molar refractivity (Wildman–Crippen MR) is 71.4 cm³/mol. The van der Waals surface area contributed by atoms with Crippen molar-refractivity contribution in [1.82, 2.24) is 0 Å². The molecule has 0 heterocycles. The highest BCUT2D eigenvalue weighted by molar-refractivity contribution is 6.20. The normalized spacial score (nSPS) is 24.2. The van der Waals surface area contributed by atoms with Gasteiger partial charge in [-0.1, -0.05) is 48.6 Å². The van der Waals surface area contributed by atoms with Crippen molar-refractivity contribution < 1.29 is 0 Å². The molecule has 0 fully saturated rings. The first kappa shape index (κ1) is 11.8. The molecule has 16 heavy (non-hydrogen) atoms. The Morgan fingerprint density at radius 2 is 1.88 bits per heavy atom. The Morgan fingerprint density at radius 1 is 1.12 bits per heavy atom. The zero-order chi connectivity index (χ0) is 11.4. The van der Waals surface area contributed by atoms with Crippen molar-refractivity contribution in [2.24, 2.45) is 0 Å². The van der Waals surface area contributed by atoms with E-state index in [4.69, 9.17) is 23.2 Å². The number of benzene rings is 1. The maximum Gasteiger partial charge on any atom is 0.0470 e. The Morgan fingerprint density at radius 3 is 2.38 bits per heavy atom. The Kier molecular flexibility index (Phi) is 3.73. The topological polar surface area (TPSA) is 0 Å². The summed E-state index contributed by atoms with van der Waals surface area (Å²) in [6.07, 6.45) is 7.39. The smallest absolute Gasteiger partial charge is 0.0470 e. The molecular weight excluding hydrogens is 239 g/mol. The average Bonchev–Trinajstić information content (AvgIpc) is 2.40. The van der Waals surface area contributed by atoms with E-state index in [1.54, 1.807) is 0 Å². The van der Waals surface area contributed by atoms with Gasteiger partial charge >= 0.3 is 0 Å². The number of halogens is 2. The maximum atomic E-state index is 6.15. The van der Waals surface area contributed by atoms with E-state index in [9.17, 15) is 0 Å². The third kappa shape index (κ3) is 2.18. The standard InChI is InChI=1S/C14H14Cl2/c15-10-12-6-8-14(11-16,9-7-12)13-4-2-1-3-5-13/h1-8H,9-11H2. The van der Waals surface area contributed by atoms with Gasteiger partial charge in [0.05, 0.1) is 0 Å². The molecule has 0 saturated carbocycles. The number of alkyl halides is 2. The minimum absolute atomic E-state index is 0.0572. The summed E-state index contributed by atoms with van der Waals surface area (Å²) in [5, 5.41) is 0. The summed E-state index contributed by atoms with van der Waals surface area (Å²) in [7, 11) is 0. The fraction of sp³-hybridized carbons (Fsp3) is 0.286. The van der Waals surface area contributed by atoms with Crippen LogP contribution in [0.25, 0.3) is 0 Å². The van der Waals surface area contributed by atoms with Crippen LogP contribution < -0.4 is 0 Å². The molecule has 1 unspecified atom stereocenters. The van der Waals surface area contributed by atoms with E-state index >= 15 is 0 Å². The molecule has 0 spiro atoms. The van der Waals surface area contributed by atoms with Crippen molar-refractivity contribution in [1.29, 1.82) is 0 Å². The van der Waals surface area contributed by atoms with Crippen LogP contribution in [0.2, 0.25) is 0 Å². The number of hydrogen-bond acceptors (Lipinski definition) is 0. The first-order valence-electron chi connectivity index (χ1n) is 5.36. The van der Waals surface area contributed by atoms with Gasteiger partial charge in [-0.15, -0.1) is 23.2 Å². The van der Waals surface area contributed by atoms with E-state index in [0.717, 1.165) is 6.42 Å². The lowest BCUT2D eigenvalue weighted by atomic mass is 9.76. The fourth-order valence-electron chi connectivity index (χ4n) is 1.98. The van der Waals surface area contributed by atoms with Gasteiger partial charge in [0.15, 0.2) is 0 Å². The zero-order valence-electron chi connectivity index (χ0n) is 9.00. The lowest BCUT2D eigenvalue weighted by molar-refractivity contribution is 0.604. The number of allylic oxidation sites excluding steroid dienone is 4. The van der Waals surface area contributed by atoms with E-state index in [1.807, 2.05) is 6.07 Å². The van der Waals surface area contributed by atoms with Crippen LogP contribution in [0.4, 0.5) is 0 Å². The van der Waals surface area contributed by atoms with Gasteiger partial charge in [-0.3, -0.25) is 0 Å². The summed E-state index contributed by atoms with van der Waals surface area (Å²) >= 11 is 12.0. The van der Waals surface area contributed by atoms with Crippen LogP contribution in [0.5, 0.6) is 0 Å². The van der Waals surface area contributed by atoms with Crippen molar-refractivity contribution in [3.8, 4) is 0 Å². The zero-order valence-corrected chi connectivity index (χ0v) is 10.5. The summed E-state index contributed by atoms with van der Waals surface area (Å²) in [5.41, 5.74) is 2.39. The molecule has 0 bridgehead atoms. The molecule has 1 aliphatic rings. The lowest BCUT2D eigenvalue weighted by Crippen LogP contribution is -2.26. The molecule has 2 rings (SSSR count). The highest BCUT2D eigenvalue weighted by atomic mass is 35.5. The van der Waals surface area contributed by atoms with Gasteiger partial charge < -0.3 is 0 Å². The van der Waals surface area contributed by atoms with Crippen LogP contribution in [-0.4, -0.2) is 11.8 Å². The first-order chi connectivity index (χ1) is 7.80. The van der Waals surface area contributed by atoms with Gasteiger partial charge in [-0.05, 0) is 17.6 Å². The van der Waals surface area contributed by atoms with Gasteiger partial charge in [-0.2, -0.15) is 0 Å². The van der Waals surface area contributed by atoms with Gasteiger partial charge in [-0.25, -0.2) is 0 Å². The van der Waals surface area contributed by atoms with E-state index in [0.29, 0.717) is 11.8 Å². The van der Waals surface area contributed by atoms with E-state index in [2.05, 4.69) is 42.5 Å². The van der Waals surface area contributed by atoms with Gasteiger partial charge in [0.2, 0.25) is 0 Å². The van der Waals surface area contributed by atoms with Crippen LogP contribution >= 0.6 is 23.2 Å². The van der Waals surface area contributed by atoms with Gasteiger partial charge in [0.1, 0.15) is 0 Å². The van der Waals surface area contributed by atoms with Crippen LogP contribution in [-0.2, 0) is 5.41 Å². The number of hydrogen-bond donors (Lipinski definition) is 0. The minimum atomic E-state index is -0.0572. The molecule has 1 atom stereocenters. The van der Waals surface area contributed by atoms with E-state index in [1.165, 1.54) is 11.1 Å². The molecule has 0 nitrogen and oxygen atoms in total. The third-order valence-electron chi connectivity index (χ3n) is 3.09. The highest BCUT2D eigenvalue weighted by Gasteiger charge is 2.29. The van der Waals surface area contributed by atoms with Crippen molar-refractivity contribution in [3.05, 3.63) is 59.7 Å². The quantitative estimate of drug-likeness (QED) is 0.705. The average molecular weight is 253 g/mol. The molecule has 0 aromatic heterocycles. The van der Waals surface area contributed by atoms with Crippen molar-refractivity contribution in [2.75, 3.05) is 11.8 Å². The molecule has 0 N–H and O–H groups in total. The van der Waals surface area contributed by atoms with Crippen LogP contribution in [0.1, 0.15) is 12.0 Å². The highest BCUT2D eigenvalue weighted by Crippen LogP contribution is 2.35. The maximum absolute atomic E-state index is 6.15. The predicted octanol–water partition coefficient (Wildman–Crippen LogP) is 4.29. The van der Waals surface area contributed by atoms with Crippen LogP contribution in [0.15, 0.2) is 54.1 Å². The van der Waals surface area contributed by atoms with Crippen molar-refractivity contribution >= 4 is 23.2 Å². The Hall–Kier alpha value is -0.720. The lowest BCUT2D eigenvalue weighted by Gasteiger charge is -2.30. The van der Waals surface area contributed by atoms with Crippen LogP contribution in [0.3, 0.4) is 0 Å². The summed E-state index contributed by atoms with van der Waals surface area (Å²) in [6.45, 7) is 0. The van der Waals surface area contributed by atoms with Crippen molar-refractivity contribution in [2.45, 2.75) is 11.8 Å². The molecule has 1 aromatic carbocycles. The second-order valence-electron chi connectivity index (χ2n) is 4.11. The second kappa shape index (κ2) is 5.07. The largest absolute Gasteiger partial charge is 0.125 e. The molecule has 0 aliphatic heterocycles. The Balaban J connectivity index is 2.31. The van der Waals surface area contributed by atoms with Crippen molar-refractivity contribution in [3.63, 3.8) is 0 Å².